The molecule has 0 fully saturated rings. The summed E-state index contributed by atoms with van der Waals surface area (Å²) in [5, 5.41) is 9.09. The van der Waals surface area contributed by atoms with Crippen LogP contribution < -0.4 is 0 Å². The molecule has 0 saturated heterocycles. The molecule has 0 bridgehead atoms. The first-order chi connectivity index (χ1) is 9.70. The highest BCUT2D eigenvalue weighted by atomic mass is 35.5. The van der Waals surface area contributed by atoms with Crippen LogP contribution in [0.15, 0.2) is 24.4 Å². The van der Waals surface area contributed by atoms with Crippen LogP contribution in [0.3, 0.4) is 0 Å². The van der Waals surface area contributed by atoms with Gasteiger partial charge in [0.15, 0.2) is 11.5 Å². The second-order valence-electron chi connectivity index (χ2n) is 3.89. The highest BCUT2D eigenvalue weighted by molar-refractivity contribution is 6.42. The number of carboxylic acids is 1. The Morgan fingerprint density at radius 3 is 2.38 bits per heavy atom. The first-order valence-corrected chi connectivity index (χ1v) is 6.08. The Hall–Kier alpha value is -1.86. The summed E-state index contributed by atoms with van der Waals surface area (Å²) in [7, 11) is 0. The second-order valence-corrected chi connectivity index (χ2v) is 4.70. The largest absolute Gasteiger partial charge is 0.478 e. The van der Waals surface area contributed by atoms with E-state index in [0.29, 0.717) is 6.20 Å². The lowest BCUT2D eigenvalue weighted by molar-refractivity contribution is -0.141. The zero-order valence-electron chi connectivity index (χ0n) is 9.95. The summed E-state index contributed by atoms with van der Waals surface area (Å²) in [6, 6.07) is 4.05. The molecule has 0 saturated carbocycles. The Morgan fingerprint density at radius 2 is 1.86 bits per heavy atom. The van der Waals surface area contributed by atoms with E-state index in [1.807, 2.05) is 0 Å². The molecule has 0 aliphatic heterocycles. The minimum atomic E-state index is -4.92. The summed E-state index contributed by atoms with van der Waals surface area (Å²) in [5.74, 6) is -2.06. The summed E-state index contributed by atoms with van der Waals surface area (Å²) >= 11 is 11.5. The number of hydrogen-bond acceptors (Lipinski definition) is 3. The third kappa shape index (κ3) is 3.25. The van der Waals surface area contributed by atoms with E-state index in [0.717, 1.165) is 0 Å². The molecule has 4 nitrogen and oxygen atoms in total. The third-order valence-electron chi connectivity index (χ3n) is 2.47. The Bertz CT molecular complexity index is 720. The smallest absolute Gasteiger partial charge is 0.434 e. The van der Waals surface area contributed by atoms with Gasteiger partial charge in [0.1, 0.15) is 5.56 Å². The molecule has 0 radical (unpaired) electrons. The number of hydrogen-bond donors (Lipinski definition) is 1. The van der Waals surface area contributed by atoms with Crippen molar-refractivity contribution in [3.05, 3.63) is 45.7 Å². The monoisotopic (exact) mass is 336 g/mol. The van der Waals surface area contributed by atoms with Gasteiger partial charge in [-0.2, -0.15) is 13.2 Å². The van der Waals surface area contributed by atoms with Gasteiger partial charge in [0.25, 0.3) is 0 Å². The minimum Gasteiger partial charge on any atom is -0.478 e. The number of nitrogens with zero attached hydrogens (tertiary/aromatic N) is 2. The number of aromatic carboxylic acids is 1. The van der Waals surface area contributed by atoms with Gasteiger partial charge in [0.2, 0.25) is 0 Å². The highest BCUT2D eigenvalue weighted by Gasteiger charge is 2.38. The van der Waals surface area contributed by atoms with Gasteiger partial charge in [0.05, 0.1) is 10.0 Å². The maximum Gasteiger partial charge on any atom is 0.434 e. The maximum atomic E-state index is 12.8. The van der Waals surface area contributed by atoms with Crippen molar-refractivity contribution in [3.63, 3.8) is 0 Å². The molecule has 1 heterocycles. The van der Waals surface area contributed by atoms with Crippen LogP contribution in [-0.4, -0.2) is 21.0 Å². The van der Waals surface area contributed by atoms with Gasteiger partial charge in [-0.3, -0.25) is 0 Å². The summed E-state index contributed by atoms with van der Waals surface area (Å²) in [6.45, 7) is 0. The van der Waals surface area contributed by atoms with E-state index >= 15 is 0 Å². The normalized spacial score (nSPS) is 11.5. The highest BCUT2D eigenvalue weighted by Crippen LogP contribution is 2.32. The van der Waals surface area contributed by atoms with E-state index in [2.05, 4.69) is 9.97 Å². The van der Waals surface area contributed by atoms with Crippen molar-refractivity contribution in [1.29, 1.82) is 0 Å². The fourth-order valence-corrected chi connectivity index (χ4v) is 1.83. The van der Waals surface area contributed by atoms with E-state index < -0.39 is 23.4 Å². The fraction of sp³-hybridized carbons (Fsp3) is 0.0833. The molecule has 0 spiro atoms. The molecule has 0 unspecified atom stereocenters. The summed E-state index contributed by atoms with van der Waals surface area (Å²) < 4.78 is 38.5. The Balaban J connectivity index is 2.61. The van der Waals surface area contributed by atoms with E-state index in [-0.39, 0.29) is 21.4 Å². The van der Waals surface area contributed by atoms with Gasteiger partial charge in [-0.1, -0.05) is 23.2 Å². The number of alkyl halides is 3. The van der Waals surface area contributed by atoms with Crippen LogP contribution in [0, 0.1) is 0 Å². The molecule has 0 aliphatic rings. The number of carbonyl (C=O) groups is 1. The number of aromatic nitrogens is 2. The molecule has 21 heavy (non-hydrogen) atoms. The first-order valence-electron chi connectivity index (χ1n) is 5.33. The van der Waals surface area contributed by atoms with Crippen molar-refractivity contribution >= 4 is 29.2 Å². The molecule has 2 rings (SSSR count). The molecular formula is C12H5Cl2F3N2O2. The van der Waals surface area contributed by atoms with Crippen LogP contribution in [-0.2, 0) is 6.18 Å². The standard InChI is InChI=1S/C12H5Cl2F3N2O2/c13-7-2-1-5(3-8(7)14)10-18-4-6(11(20)21)9(19-10)12(15,16)17/h1-4H,(H,20,21). The van der Waals surface area contributed by atoms with E-state index in [4.69, 9.17) is 28.3 Å². The SMILES string of the molecule is O=C(O)c1cnc(-c2ccc(Cl)c(Cl)c2)nc1C(F)(F)F. The van der Waals surface area contributed by atoms with Gasteiger partial charge in [-0.15, -0.1) is 0 Å². The Kier molecular flexibility index (Phi) is 4.06. The molecule has 0 atom stereocenters. The molecule has 110 valence electrons. The molecule has 9 heteroatoms. The topological polar surface area (TPSA) is 63.1 Å². The van der Waals surface area contributed by atoms with E-state index in [1.54, 1.807) is 0 Å². The number of rotatable bonds is 2. The van der Waals surface area contributed by atoms with Crippen LogP contribution in [0.4, 0.5) is 13.2 Å². The van der Waals surface area contributed by atoms with Crippen LogP contribution in [0.2, 0.25) is 10.0 Å². The van der Waals surface area contributed by atoms with Crippen molar-refractivity contribution in [2.75, 3.05) is 0 Å². The van der Waals surface area contributed by atoms with Gasteiger partial charge in [-0.25, -0.2) is 14.8 Å². The lowest BCUT2D eigenvalue weighted by Gasteiger charge is -2.10. The predicted octanol–water partition coefficient (Wildman–Crippen LogP) is 4.17. The van der Waals surface area contributed by atoms with Crippen molar-refractivity contribution < 1.29 is 23.1 Å². The second kappa shape index (κ2) is 5.50. The average Bonchev–Trinajstić information content (AvgIpc) is 2.40. The zero-order chi connectivity index (χ0) is 15.8. The lowest BCUT2D eigenvalue weighted by atomic mass is 10.1. The van der Waals surface area contributed by atoms with E-state index in [1.165, 1.54) is 18.2 Å². The summed E-state index contributed by atoms with van der Waals surface area (Å²) in [5.41, 5.74) is -2.36. The lowest BCUT2D eigenvalue weighted by Crippen LogP contribution is -2.16. The van der Waals surface area contributed by atoms with Crippen LogP contribution >= 0.6 is 23.2 Å². The van der Waals surface area contributed by atoms with Crippen molar-refractivity contribution in [2.45, 2.75) is 6.18 Å². The number of benzene rings is 1. The van der Waals surface area contributed by atoms with Crippen molar-refractivity contribution in [2.24, 2.45) is 0 Å². The van der Waals surface area contributed by atoms with Gasteiger partial charge in [-0.05, 0) is 18.2 Å². The third-order valence-corrected chi connectivity index (χ3v) is 3.20. The molecule has 0 aliphatic carbocycles. The van der Waals surface area contributed by atoms with E-state index in [9.17, 15) is 18.0 Å². The molecular weight excluding hydrogens is 332 g/mol. The first kappa shape index (κ1) is 15.5. The van der Waals surface area contributed by atoms with Gasteiger partial charge >= 0.3 is 12.1 Å². The summed E-state index contributed by atoms with van der Waals surface area (Å²) in [6.07, 6.45) is -4.31. The number of carboxylic acid groups (broad SMARTS) is 1. The van der Waals surface area contributed by atoms with Gasteiger partial charge in [0, 0.05) is 11.8 Å². The summed E-state index contributed by atoms with van der Waals surface area (Å²) in [4.78, 5) is 17.7. The molecule has 0 amide bonds. The maximum absolute atomic E-state index is 12.8. The van der Waals surface area contributed by atoms with Crippen molar-refractivity contribution in [3.8, 4) is 11.4 Å². The Labute approximate surface area is 126 Å². The quantitative estimate of drug-likeness (QED) is 0.893. The van der Waals surface area contributed by atoms with Crippen LogP contribution in [0.25, 0.3) is 11.4 Å². The predicted molar refractivity (Wildman–Crippen MR) is 69.4 cm³/mol. The van der Waals surface area contributed by atoms with Gasteiger partial charge < -0.3 is 5.11 Å². The molecule has 1 N–H and O–H groups in total. The molecule has 1 aromatic carbocycles. The van der Waals surface area contributed by atoms with Crippen molar-refractivity contribution in [1.82, 2.24) is 9.97 Å². The Morgan fingerprint density at radius 1 is 1.19 bits per heavy atom. The number of halogens is 5. The molecule has 1 aromatic heterocycles. The zero-order valence-corrected chi connectivity index (χ0v) is 11.5. The van der Waals surface area contributed by atoms with Crippen LogP contribution in [0.1, 0.15) is 16.1 Å². The fourth-order valence-electron chi connectivity index (χ4n) is 1.53. The average molecular weight is 337 g/mol. The van der Waals surface area contributed by atoms with Crippen LogP contribution in [0.5, 0.6) is 0 Å². The minimum absolute atomic E-state index is 0.119. The molecule has 2 aromatic rings.